The minimum atomic E-state index is -3.24. The van der Waals surface area contributed by atoms with Crippen LogP contribution in [0.2, 0.25) is 0 Å². The van der Waals surface area contributed by atoms with Crippen molar-refractivity contribution in [1.29, 1.82) is 0 Å². The summed E-state index contributed by atoms with van der Waals surface area (Å²) >= 11 is 0. The number of sulfonamides is 1. The Morgan fingerprint density at radius 1 is 1.18 bits per heavy atom. The number of hydrogen-bond donors (Lipinski definition) is 2. The Bertz CT molecular complexity index is 625. The van der Waals surface area contributed by atoms with Crippen LogP contribution in [0.15, 0.2) is 0 Å². The molecule has 0 radical (unpaired) electrons. The minimum Gasteiger partial charge on any atom is -0.449 e. The molecule has 0 bridgehead atoms. The van der Waals surface area contributed by atoms with E-state index in [9.17, 15) is 13.2 Å². The van der Waals surface area contributed by atoms with Gasteiger partial charge in [0.25, 0.3) is 0 Å². The zero-order chi connectivity index (χ0) is 20.9. The highest BCUT2D eigenvalue weighted by Crippen LogP contribution is 2.32. The van der Waals surface area contributed by atoms with Crippen LogP contribution >= 0.6 is 0 Å². The van der Waals surface area contributed by atoms with Gasteiger partial charge in [-0.3, -0.25) is 9.80 Å². The summed E-state index contributed by atoms with van der Waals surface area (Å²) in [7, 11) is 0.661. The number of nitrogens with zero attached hydrogens (tertiary/aromatic N) is 3. The van der Waals surface area contributed by atoms with Crippen LogP contribution in [0.3, 0.4) is 0 Å². The van der Waals surface area contributed by atoms with Gasteiger partial charge in [0.15, 0.2) is 0 Å². The van der Waals surface area contributed by atoms with Crippen molar-refractivity contribution in [2.24, 2.45) is 5.41 Å². The average Bonchev–Trinajstić information content (AvgIpc) is 2.64. The van der Waals surface area contributed by atoms with Gasteiger partial charge in [0.1, 0.15) is 6.17 Å². The van der Waals surface area contributed by atoms with Gasteiger partial charge < -0.3 is 15.4 Å². The van der Waals surface area contributed by atoms with Crippen LogP contribution in [-0.2, 0) is 14.8 Å². The van der Waals surface area contributed by atoms with E-state index in [0.29, 0.717) is 39.2 Å². The van der Waals surface area contributed by atoms with Crippen molar-refractivity contribution < 1.29 is 17.9 Å². The van der Waals surface area contributed by atoms with Gasteiger partial charge in [0, 0.05) is 45.3 Å². The Hall–Kier alpha value is -0.940. The smallest absolute Gasteiger partial charge is 0.411 e. The number of ether oxygens (including phenoxy) is 1. The number of carbonyl (C=O) groups excluding carboxylic acids is 1. The van der Waals surface area contributed by atoms with Crippen LogP contribution in [0.25, 0.3) is 0 Å². The molecule has 2 rings (SSSR count). The Morgan fingerprint density at radius 3 is 2.46 bits per heavy atom. The molecule has 0 aromatic rings. The summed E-state index contributed by atoms with van der Waals surface area (Å²) in [5.74, 6) is 0. The van der Waals surface area contributed by atoms with E-state index < -0.39 is 10.0 Å². The first-order chi connectivity index (χ1) is 13.0. The van der Waals surface area contributed by atoms with Crippen molar-refractivity contribution in [2.45, 2.75) is 38.9 Å². The molecule has 2 heterocycles. The summed E-state index contributed by atoms with van der Waals surface area (Å²) in [5.41, 5.74) is -0.218. The summed E-state index contributed by atoms with van der Waals surface area (Å²) in [6.07, 6.45) is 2.46. The third-order valence-corrected chi connectivity index (χ3v) is 7.05. The molecular formula is C18H37N5O4S. The van der Waals surface area contributed by atoms with Gasteiger partial charge in [-0.1, -0.05) is 13.8 Å². The third kappa shape index (κ3) is 6.03. The standard InChI is InChI=1S/C18H37N5O4S/c1-18(2,15-13-19-9-11-23(15)28(5,25)26)7-6-12-27-17(24)22-10-8-20-14-16(22)21(3)4/h15-16,19-20H,6-14H2,1-5H3. The van der Waals surface area contributed by atoms with Crippen molar-refractivity contribution in [1.82, 2.24) is 24.7 Å². The van der Waals surface area contributed by atoms with Crippen molar-refractivity contribution in [2.75, 3.05) is 66.2 Å². The first-order valence-electron chi connectivity index (χ1n) is 10.0. The highest BCUT2D eigenvalue weighted by Gasteiger charge is 2.39. The van der Waals surface area contributed by atoms with Gasteiger partial charge in [0.05, 0.1) is 12.9 Å². The van der Waals surface area contributed by atoms with Crippen molar-refractivity contribution in [3.8, 4) is 0 Å². The van der Waals surface area contributed by atoms with Crippen LogP contribution in [-0.4, -0.2) is 107 Å². The Kier molecular flexibility index (Phi) is 8.09. The highest BCUT2D eigenvalue weighted by atomic mass is 32.2. The molecule has 2 unspecified atom stereocenters. The lowest BCUT2D eigenvalue weighted by molar-refractivity contribution is 0.0313. The summed E-state index contributed by atoms with van der Waals surface area (Å²) in [6, 6.07) is -0.0989. The molecule has 1 amide bonds. The van der Waals surface area contributed by atoms with Gasteiger partial charge in [-0.2, -0.15) is 4.31 Å². The zero-order valence-corrected chi connectivity index (χ0v) is 18.7. The van der Waals surface area contributed by atoms with Gasteiger partial charge in [0.2, 0.25) is 10.0 Å². The first kappa shape index (κ1) is 23.3. The Labute approximate surface area is 169 Å². The number of nitrogens with one attached hydrogen (secondary N) is 2. The van der Waals surface area contributed by atoms with Crippen LogP contribution in [0.5, 0.6) is 0 Å². The fourth-order valence-electron chi connectivity index (χ4n) is 4.05. The highest BCUT2D eigenvalue weighted by molar-refractivity contribution is 7.88. The third-order valence-electron chi connectivity index (χ3n) is 5.76. The summed E-state index contributed by atoms with van der Waals surface area (Å²) in [4.78, 5) is 16.2. The SMILES string of the molecule is CN(C)C1CNCCN1C(=O)OCCCC(C)(C)C1CNCCN1S(C)(=O)=O. The number of hydrogen-bond acceptors (Lipinski definition) is 7. The molecule has 2 N–H and O–H groups in total. The lowest BCUT2D eigenvalue weighted by atomic mass is 9.79. The molecule has 2 fully saturated rings. The van der Waals surface area contributed by atoms with Crippen LogP contribution in [0.4, 0.5) is 4.79 Å². The maximum atomic E-state index is 12.5. The lowest BCUT2D eigenvalue weighted by Gasteiger charge is -2.44. The van der Waals surface area contributed by atoms with Crippen molar-refractivity contribution in [3.63, 3.8) is 0 Å². The predicted octanol–water partition coefficient (Wildman–Crippen LogP) is -0.0443. The summed E-state index contributed by atoms with van der Waals surface area (Å²) in [5, 5.41) is 6.59. The second kappa shape index (κ2) is 9.71. The molecule has 0 aromatic heterocycles. The fourth-order valence-corrected chi connectivity index (χ4v) is 5.29. The number of rotatable bonds is 7. The average molecular weight is 420 g/mol. The van der Waals surface area contributed by atoms with Crippen LogP contribution in [0, 0.1) is 5.41 Å². The van der Waals surface area contributed by atoms with E-state index in [4.69, 9.17) is 4.74 Å². The molecular weight excluding hydrogens is 382 g/mol. The lowest BCUT2D eigenvalue weighted by Crippen LogP contribution is -2.59. The molecule has 2 aliphatic heterocycles. The number of carbonyl (C=O) groups is 1. The molecule has 2 saturated heterocycles. The second-order valence-electron chi connectivity index (χ2n) is 8.64. The molecule has 2 aliphatic rings. The van der Waals surface area contributed by atoms with Crippen molar-refractivity contribution in [3.05, 3.63) is 0 Å². The maximum absolute atomic E-state index is 12.5. The molecule has 164 valence electrons. The van der Waals surface area contributed by atoms with E-state index in [1.54, 1.807) is 9.21 Å². The molecule has 28 heavy (non-hydrogen) atoms. The molecule has 0 aromatic carbocycles. The topological polar surface area (TPSA) is 94.2 Å². The normalized spacial score (nSPS) is 25.1. The van der Waals surface area contributed by atoms with E-state index in [0.717, 1.165) is 19.5 Å². The van der Waals surface area contributed by atoms with E-state index in [-0.39, 0.29) is 23.7 Å². The van der Waals surface area contributed by atoms with E-state index in [1.165, 1.54) is 6.26 Å². The maximum Gasteiger partial charge on any atom is 0.411 e. The van der Waals surface area contributed by atoms with Crippen molar-refractivity contribution >= 4 is 16.1 Å². The largest absolute Gasteiger partial charge is 0.449 e. The van der Waals surface area contributed by atoms with E-state index in [2.05, 4.69) is 24.5 Å². The number of piperazine rings is 2. The van der Waals surface area contributed by atoms with Gasteiger partial charge in [-0.05, 0) is 32.4 Å². The van der Waals surface area contributed by atoms with Crippen LogP contribution in [0.1, 0.15) is 26.7 Å². The molecule has 10 heteroatoms. The van der Waals surface area contributed by atoms with E-state index in [1.807, 2.05) is 19.0 Å². The van der Waals surface area contributed by atoms with Gasteiger partial charge in [-0.25, -0.2) is 13.2 Å². The molecule has 0 saturated carbocycles. The summed E-state index contributed by atoms with van der Waals surface area (Å²) in [6.45, 7) is 8.45. The van der Waals surface area contributed by atoms with Gasteiger partial charge >= 0.3 is 6.09 Å². The second-order valence-corrected chi connectivity index (χ2v) is 10.6. The van der Waals surface area contributed by atoms with Gasteiger partial charge in [-0.15, -0.1) is 0 Å². The monoisotopic (exact) mass is 419 g/mol. The summed E-state index contributed by atoms with van der Waals surface area (Å²) < 4.78 is 31.4. The Balaban J connectivity index is 1.85. The molecule has 0 aliphatic carbocycles. The quantitative estimate of drug-likeness (QED) is 0.559. The van der Waals surface area contributed by atoms with Crippen LogP contribution < -0.4 is 10.6 Å². The predicted molar refractivity (Wildman–Crippen MR) is 110 cm³/mol. The molecule has 2 atom stereocenters. The zero-order valence-electron chi connectivity index (χ0n) is 17.9. The molecule has 9 nitrogen and oxygen atoms in total. The first-order valence-corrected chi connectivity index (χ1v) is 11.9. The van der Waals surface area contributed by atoms with E-state index >= 15 is 0 Å². The number of amides is 1. The minimum absolute atomic E-state index is 0.00526. The molecule has 0 spiro atoms. The number of likely N-dealkylation sites (N-methyl/N-ethyl adjacent to an activating group) is 1. The fraction of sp³-hybridized carbons (Fsp3) is 0.944. The Morgan fingerprint density at radius 2 is 1.82 bits per heavy atom.